The van der Waals surface area contributed by atoms with Crippen molar-refractivity contribution in [1.82, 2.24) is 9.78 Å². The molecule has 0 unspecified atom stereocenters. The van der Waals surface area contributed by atoms with Gasteiger partial charge >= 0.3 is 0 Å². The number of nitrogens with zero attached hydrogens (tertiary/aromatic N) is 2. The first-order valence-electron chi connectivity index (χ1n) is 5.14. The van der Waals surface area contributed by atoms with Gasteiger partial charge in [0.1, 0.15) is 0 Å². The van der Waals surface area contributed by atoms with E-state index in [0.717, 1.165) is 16.4 Å². The Hall–Kier alpha value is -1.48. The topological polar surface area (TPSA) is 29.9 Å². The van der Waals surface area contributed by atoms with E-state index in [1.807, 2.05) is 37.5 Å². The lowest BCUT2D eigenvalue weighted by atomic mass is 10.2. The predicted molar refractivity (Wildman–Crippen MR) is 66.7 cm³/mol. The third-order valence-electron chi connectivity index (χ3n) is 2.43. The highest BCUT2D eigenvalue weighted by Gasteiger charge is 2.00. The average molecular weight is 236 g/mol. The van der Waals surface area contributed by atoms with Crippen molar-refractivity contribution in [2.24, 2.45) is 7.05 Å². The largest absolute Gasteiger partial charge is 0.379 e. The standard InChI is InChI=1S/C12H14ClN3/c1-9-3-4-10(13)7-12(9)14-8-11-5-6-16(2)15-11/h3-7,14H,8H2,1-2H3. The maximum absolute atomic E-state index is 5.94. The molecule has 0 aliphatic heterocycles. The Kier molecular flexibility index (Phi) is 3.15. The molecule has 4 heteroatoms. The van der Waals surface area contributed by atoms with Crippen LogP contribution in [-0.4, -0.2) is 9.78 Å². The van der Waals surface area contributed by atoms with Crippen LogP contribution in [-0.2, 0) is 13.6 Å². The van der Waals surface area contributed by atoms with Crippen LogP contribution in [0.2, 0.25) is 5.02 Å². The van der Waals surface area contributed by atoms with Crippen LogP contribution in [0.1, 0.15) is 11.3 Å². The Morgan fingerprint density at radius 2 is 2.19 bits per heavy atom. The Morgan fingerprint density at radius 1 is 1.38 bits per heavy atom. The summed E-state index contributed by atoms with van der Waals surface area (Å²) in [4.78, 5) is 0. The normalized spacial score (nSPS) is 10.4. The van der Waals surface area contributed by atoms with Gasteiger partial charge in [0.05, 0.1) is 12.2 Å². The molecule has 0 atom stereocenters. The van der Waals surface area contributed by atoms with Crippen molar-refractivity contribution < 1.29 is 0 Å². The SMILES string of the molecule is Cc1ccc(Cl)cc1NCc1ccn(C)n1. The first kappa shape index (κ1) is 11.0. The zero-order chi connectivity index (χ0) is 11.5. The fraction of sp³-hybridized carbons (Fsp3) is 0.250. The van der Waals surface area contributed by atoms with Crippen LogP contribution in [0.3, 0.4) is 0 Å². The zero-order valence-corrected chi connectivity index (χ0v) is 10.1. The molecule has 84 valence electrons. The van der Waals surface area contributed by atoms with E-state index in [9.17, 15) is 0 Å². The molecule has 0 saturated carbocycles. The number of rotatable bonds is 3. The smallest absolute Gasteiger partial charge is 0.0815 e. The summed E-state index contributed by atoms with van der Waals surface area (Å²) in [5.74, 6) is 0. The molecule has 0 saturated heterocycles. The molecular formula is C12H14ClN3. The van der Waals surface area contributed by atoms with Gasteiger partial charge in [-0.2, -0.15) is 5.10 Å². The molecule has 0 bridgehead atoms. The van der Waals surface area contributed by atoms with Gasteiger partial charge in [-0.3, -0.25) is 4.68 Å². The molecule has 3 nitrogen and oxygen atoms in total. The number of aryl methyl sites for hydroxylation is 2. The van der Waals surface area contributed by atoms with E-state index in [4.69, 9.17) is 11.6 Å². The summed E-state index contributed by atoms with van der Waals surface area (Å²) in [5.41, 5.74) is 3.25. The van der Waals surface area contributed by atoms with E-state index >= 15 is 0 Å². The van der Waals surface area contributed by atoms with E-state index in [1.54, 1.807) is 4.68 Å². The van der Waals surface area contributed by atoms with Crippen LogP contribution < -0.4 is 5.32 Å². The van der Waals surface area contributed by atoms with Crippen molar-refractivity contribution >= 4 is 17.3 Å². The van der Waals surface area contributed by atoms with Crippen LogP contribution in [0.15, 0.2) is 30.5 Å². The summed E-state index contributed by atoms with van der Waals surface area (Å²) in [6.07, 6.45) is 1.93. The Labute approximate surface area is 100 Å². The van der Waals surface area contributed by atoms with Crippen LogP contribution >= 0.6 is 11.6 Å². The minimum atomic E-state index is 0.710. The van der Waals surface area contributed by atoms with Gasteiger partial charge in [0.25, 0.3) is 0 Å². The second kappa shape index (κ2) is 4.58. The summed E-state index contributed by atoms with van der Waals surface area (Å²) in [6, 6.07) is 7.82. The van der Waals surface area contributed by atoms with Gasteiger partial charge in [0.15, 0.2) is 0 Å². The molecule has 1 aromatic carbocycles. The number of hydrogen-bond acceptors (Lipinski definition) is 2. The van der Waals surface area contributed by atoms with Gasteiger partial charge in [-0.1, -0.05) is 17.7 Å². The van der Waals surface area contributed by atoms with E-state index in [0.29, 0.717) is 6.54 Å². The Morgan fingerprint density at radius 3 is 2.88 bits per heavy atom. The van der Waals surface area contributed by atoms with Gasteiger partial charge < -0.3 is 5.32 Å². The minimum absolute atomic E-state index is 0.710. The number of halogens is 1. The van der Waals surface area contributed by atoms with Crippen LogP contribution in [0, 0.1) is 6.92 Å². The molecule has 0 radical (unpaired) electrons. The van der Waals surface area contributed by atoms with Gasteiger partial charge in [0.2, 0.25) is 0 Å². The molecule has 0 aliphatic carbocycles. The van der Waals surface area contributed by atoms with Crippen molar-refractivity contribution in [3.63, 3.8) is 0 Å². The highest BCUT2D eigenvalue weighted by Crippen LogP contribution is 2.20. The van der Waals surface area contributed by atoms with Crippen molar-refractivity contribution in [2.75, 3.05) is 5.32 Å². The molecule has 0 fully saturated rings. The van der Waals surface area contributed by atoms with E-state index in [-0.39, 0.29) is 0 Å². The van der Waals surface area contributed by atoms with Gasteiger partial charge in [-0.15, -0.1) is 0 Å². The number of aromatic nitrogens is 2. The summed E-state index contributed by atoms with van der Waals surface area (Å²) in [6.45, 7) is 2.76. The Balaban J connectivity index is 2.07. The van der Waals surface area contributed by atoms with E-state index in [2.05, 4.69) is 17.3 Å². The van der Waals surface area contributed by atoms with Gasteiger partial charge in [0, 0.05) is 24.0 Å². The van der Waals surface area contributed by atoms with Crippen molar-refractivity contribution in [1.29, 1.82) is 0 Å². The third-order valence-corrected chi connectivity index (χ3v) is 2.66. The summed E-state index contributed by atoms with van der Waals surface area (Å²) >= 11 is 5.94. The molecule has 0 aliphatic rings. The number of anilines is 1. The minimum Gasteiger partial charge on any atom is -0.379 e. The highest BCUT2D eigenvalue weighted by atomic mass is 35.5. The third kappa shape index (κ3) is 2.55. The maximum atomic E-state index is 5.94. The lowest BCUT2D eigenvalue weighted by molar-refractivity contribution is 0.747. The fourth-order valence-corrected chi connectivity index (χ4v) is 1.70. The molecule has 2 rings (SSSR count). The van der Waals surface area contributed by atoms with Gasteiger partial charge in [-0.25, -0.2) is 0 Å². The predicted octanol–water partition coefficient (Wildman–Crippen LogP) is 2.99. The average Bonchev–Trinajstić information content (AvgIpc) is 2.66. The number of hydrogen-bond donors (Lipinski definition) is 1. The fourth-order valence-electron chi connectivity index (χ4n) is 1.53. The lowest BCUT2D eigenvalue weighted by Gasteiger charge is -2.08. The van der Waals surface area contributed by atoms with Crippen LogP contribution in [0.5, 0.6) is 0 Å². The second-order valence-corrected chi connectivity index (χ2v) is 4.23. The molecule has 1 N–H and O–H groups in total. The first-order valence-corrected chi connectivity index (χ1v) is 5.51. The van der Waals surface area contributed by atoms with Crippen molar-refractivity contribution in [3.8, 4) is 0 Å². The molecule has 1 aromatic heterocycles. The van der Waals surface area contributed by atoms with Crippen LogP contribution in [0.4, 0.5) is 5.69 Å². The molecular weight excluding hydrogens is 222 g/mol. The first-order chi connectivity index (χ1) is 7.65. The second-order valence-electron chi connectivity index (χ2n) is 3.79. The van der Waals surface area contributed by atoms with Crippen molar-refractivity contribution in [3.05, 3.63) is 46.7 Å². The monoisotopic (exact) mass is 235 g/mol. The summed E-state index contributed by atoms with van der Waals surface area (Å²) in [5, 5.41) is 8.37. The lowest BCUT2D eigenvalue weighted by Crippen LogP contribution is -2.02. The van der Waals surface area contributed by atoms with E-state index < -0.39 is 0 Å². The van der Waals surface area contributed by atoms with Crippen LogP contribution in [0.25, 0.3) is 0 Å². The molecule has 16 heavy (non-hydrogen) atoms. The Bertz CT molecular complexity index is 491. The zero-order valence-electron chi connectivity index (χ0n) is 9.37. The quantitative estimate of drug-likeness (QED) is 0.887. The number of nitrogens with one attached hydrogen (secondary N) is 1. The maximum Gasteiger partial charge on any atom is 0.0815 e. The van der Waals surface area contributed by atoms with Gasteiger partial charge in [-0.05, 0) is 30.7 Å². The summed E-state index contributed by atoms with van der Waals surface area (Å²) < 4.78 is 1.79. The molecule has 0 spiro atoms. The van der Waals surface area contributed by atoms with Crippen molar-refractivity contribution in [2.45, 2.75) is 13.5 Å². The molecule has 2 aromatic rings. The molecule has 1 heterocycles. The summed E-state index contributed by atoms with van der Waals surface area (Å²) in [7, 11) is 1.91. The highest BCUT2D eigenvalue weighted by molar-refractivity contribution is 6.30. The molecule has 0 amide bonds. The van der Waals surface area contributed by atoms with E-state index in [1.165, 1.54) is 5.56 Å². The number of benzene rings is 1.